The number of benzene rings is 1. The van der Waals surface area contributed by atoms with Crippen LogP contribution in [0.25, 0.3) is 22.4 Å². The van der Waals surface area contributed by atoms with E-state index in [1.807, 2.05) is 46.0 Å². The van der Waals surface area contributed by atoms with Crippen LogP contribution >= 0.6 is 11.6 Å². The molecule has 0 atom stereocenters. The summed E-state index contributed by atoms with van der Waals surface area (Å²) in [6.45, 7) is 1.70. The minimum Gasteiger partial charge on any atom is -0.368 e. The molecule has 1 aliphatic rings. The van der Waals surface area contributed by atoms with E-state index < -0.39 is 0 Å². The van der Waals surface area contributed by atoms with Crippen LogP contribution in [0.4, 0.5) is 11.8 Å². The van der Waals surface area contributed by atoms with E-state index in [0.29, 0.717) is 34.2 Å². The number of alkyl halides is 1. The number of carbonyl (C=O) groups is 1. The number of halogens is 1. The van der Waals surface area contributed by atoms with Crippen molar-refractivity contribution < 1.29 is 4.79 Å². The molecule has 0 aliphatic heterocycles. The van der Waals surface area contributed by atoms with Gasteiger partial charge in [0, 0.05) is 18.0 Å². The van der Waals surface area contributed by atoms with Gasteiger partial charge in [0.25, 0.3) is 5.91 Å². The van der Waals surface area contributed by atoms with E-state index in [0.717, 1.165) is 56.3 Å². The van der Waals surface area contributed by atoms with E-state index in [4.69, 9.17) is 17.3 Å². The average molecular weight is 562 g/mol. The highest BCUT2D eigenvalue weighted by Gasteiger charge is 2.28. The summed E-state index contributed by atoms with van der Waals surface area (Å²) in [5.74, 6) is 0.789. The Morgan fingerprint density at radius 2 is 1.85 bits per heavy atom. The van der Waals surface area contributed by atoms with Crippen LogP contribution in [-0.2, 0) is 12.4 Å². The van der Waals surface area contributed by atoms with Gasteiger partial charge in [-0.05, 0) is 57.6 Å². The normalized spacial score (nSPS) is 14.1. The zero-order valence-corrected chi connectivity index (χ0v) is 23.8. The largest absolute Gasteiger partial charge is 0.368 e. The highest BCUT2D eigenvalue weighted by Crippen LogP contribution is 2.30. The monoisotopic (exact) mass is 561 g/mol. The summed E-state index contributed by atoms with van der Waals surface area (Å²) in [6, 6.07) is 13.4. The number of pyridine rings is 1. The number of nitrogens with zero attached hydrogens (tertiary/aromatic N) is 7. The van der Waals surface area contributed by atoms with Crippen LogP contribution < -0.4 is 16.2 Å². The van der Waals surface area contributed by atoms with Crippen molar-refractivity contribution in [3.8, 4) is 11.3 Å². The van der Waals surface area contributed by atoms with Gasteiger partial charge in [-0.1, -0.05) is 49.6 Å². The van der Waals surface area contributed by atoms with Gasteiger partial charge in [0.2, 0.25) is 5.95 Å². The maximum atomic E-state index is 13.6. The summed E-state index contributed by atoms with van der Waals surface area (Å²) in [5, 5.41) is 1.85. The molecular weight excluding hydrogens is 526 g/mol. The first kappa shape index (κ1) is 27.8. The van der Waals surface area contributed by atoms with E-state index in [1.165, 1.54) is 6.42 Å². The first-order valence-electron chi connectivity index (χ1n) is 13.8. The summed E-state index contributed by atoms with van der Waals surface area (Å²) >= 11 is 5.94. The summed E-state index contributed by atoms with van der Waals surface area (Å²) in [4.78, 5) is 34.2. The number of fused-ring (bicyclic) bond motifs is 1. The number of hydrogen-bond acceptors (Lipinski definition) is 8. The standard InChI is InChI=1S/C29H36ClN9O/c1-37(2)16-7-17-38-19-32-25-26(38)34-29(31)35-27(25)39(22-8-4-3-5-9-22)36-28(40)24-11-6-10-23(33-24)21-14-12-20(18-30)13-15-21/h6,10-15,19,22H,3-5,7-9,16-18H2,1-2H3,(H,36,40)(H2,31,34,35). The lowest BCUT2D eigenvalue weighted by Gasteiger charge is -2.35. The average Bonchev–Trinajstić information content (AvgIpc) is 3.38. The summed E-state index contributed by atoms with van der Waals surface area (Å²) in [5.41, 5.74) is 13.6. The fraction of sp³-hybridized carbons (Fsp3) is 0.414. The molecule has 5 rings (SSSR count). The molecule has 40 heavy (non-hydrogen) atoms. The molecule has 4 aromatic rings. The Kier molecular flexibility index (Phi) is 8.76. The fourth-order valence-corrected chi connectivity index (χ4v) is 5.32. The third-order valence-electron chi connectivity index (χ3n) is 7.24. The molecule has 3 heterocycles. The van der Waals surface area contributed by atoms with E-state index >= 15 is 0 Å². The van der Waals surface area contributed by atoms with E-state index in [9.17, 15) is 4.79 Å². The summed E-state index contributed by atoms with van der Waals surface area (Å²) in [6.07, 6.45) is 7.89. The van der Waals surface area contributed by atoms with Crippen LogP contribution in [0.5, 0.6) is 0 Å². The Morgan fingerprint density at radius 3 is 2.58 bits per heavy atom. The number of aryl methyl sites for hydroxylation is 1. The molecule has 1 fully saturated rings. The van der Waals surface area contributed by atoms with Crippen molar-refractivity contribution in [2.24, 2.45) is 0 Å². The van der Waals surface area contributed by atoms with Crippen LogP contribution in [0.1, 0.15) is 54.6 Å². The molecule has 1 amide bonds. The van der Waals surface area contributed by atoms with Crippen LogP contribution in [0.15, 0.2) is 48.8 Å². The van der Waals surface area contributed by atoms with E-state index in [1.54, 1.807) is 12.4 Å². The second-order valence-corrected chi connectivity index (χ2v) is 10.8. The maximum absolute atomic E-state index is 13.6. The molecule has 0 saturated heterocycles. The SMILES string of the molecule is CN(C)CCCn1cnc2c(N(NC(=O)c3cccc(-c4ccc(CCl)cc4)n3)C3CCCCC3)nc(N)nc21. The number of nitrogens with two attached hydrogens (primary N) is 1. The lowest BCUT2D eigenvalue weighted by atomic mass is 9.95. The second-order valence-electron chi connectivity index (χ2n) is 10.5. The van der Waals surface area contributed by atoms with Gasteiger partial charge in [0.1, 0.15) is 5.69 Å². The van der Waals surface area contributed by atoms with Crippen molar-refractivity contribution in [2.45, 2.75) is 57.0 Å². The summed E-state index contributed by atoms with van der Waals surface area (Å²) in [7, 11) is 4.10. The topological polar surface area (TPSA) is 118 Å². The Morgan fingerprint density at radius 1 is 1.07 bits per heavy atom. The third kappa shape index (κ3) is 6.34. The van der Waals surface area contributed by atoms with Crippen molar-refractivity contribution in [1.29, 1.82) is 0 Å². The molecule has 3 aromatic heterocycles. The van der Waals surface area contributed by atoms with Crippen LogP contribution in [0.2, 0.25) is 0 Å². The molecule has 1 aromatic carbocycles. The van der Waals surface area contributed by atoms with Gasteiger partial charge in [-0.2, -0.15) is 9.97 Å². The molecule has 3 N–H and O–H groups in total. The Hall–Kier alpha value is -3.76. The zero-order valence-electron chi connectivity index (χ0n) is 23.1. The van der Waals surface area contributed by atoms with Crippen molar-refractivity contribution in [2.75, 3.05) is 31.4 Å². The second kappa shape index (κ2) is 12.6. The number of imidazole rings is 1. The van der Waals surface area contributed by atoms with Gasteiger partial charge in [-0.3, -0.25) is 15.2 Å². The lowest BCUT2D eigenvalue weighted by molar-refractivity contribution is 0.0936. The molecule has 1 saturated carbocycles. The van der Waals surface area contributed by atoms with Gasteiger partial charge in [-0.25, -0.2) is 9.97 Å². The number of hydrazine groups is 1. The molecule has 11 heteroatoms. The zero-order chi connectivity index (χ0) is 28.1. The Balaban J connectivity index is 1.46. The molecule has 0 unspecified atom stereocenters. The van der Waals surface area contributed by atoms with Crippen LogP contribution in [-0.4, -0.2) is 62.0 Å². The lowest BCUT2D eigenvalue weighted by Crippen LogP contribution is -2.50. The van der Waals surface area contributed by atoms with Crippen molar-refractivity contribution in [3.63, 3.8) is 0 Å². The number of hydrogen-bond donors (Lipinski definition) is 2. The quantitative estimate of drug-likeness (QED) is 0.212. The molecule has 0 radical (unpaired) electrons. The molecule has 1 aliphatic carbocycles. The van der Waals surface area contributed by atoms with Gasteiger partial charge in [0.05, 0.1) is 18.1 Å². The molecule has 0 bridgehead atoms. The molecule has 10 nitrogen and oxygen atoms in total. The number of nitrogens with one attached hydrogen (secondary N) is 1. The van der Waals surface area contributed by atoms with Crippen molar-refractivity contribution in [1.82, 2.24) is 34.8 Å². The smallest absolute Gasteiger partial charge is 0.288 e. The fourth-order valence-electron chi connectivity index (χ4n) is 5.14. The van der Waals surface area contributed by atoms with E-state index in [-0.39, 0.29) is 17.9 Å². The number of rotatable bonds is 10. The number of anilines is 2. The van der Waals surface area contributed by atoms with Crippen molar-refractivity contribution in [3.05, 3.63) is 60.0 Å². The van der Waals surface area contributed by atoms with Gasteiger partial charge >= 0.3 is 0 Å². The van der Waals surface area contributed by atoms with Gasteiger partial charge < -0.3 is 15.2 Å². The van der Waals surface area contributed by atoms with Gasteiger partial charge in [0.15, 0.2) is 17.0 Å². The van der Waals surface area contributed by atoms with Crippen LogP contribution in [0.3, 0.4) is 0 Å². The molecular formula is C29H36ClN9O. The van der Waals surface area contributed by atoms with Crippen molar-refractivity contribution >= 4 is 40.4 Å². The predicted octanol–water partition coefficient (Wildman–Crippen LogP) is 4.65. The molecule has 210 valence electrons. The van der Waals surface area contributed by atoms with E-state index in [2.05, 4.69) is 44.4 Å². The first-order chi connectivity index (χ1) is 19.4. The number of aromatic nitrogens is 5. The predicted molar refractivity (Wildman–Crippen MR) is 159 cm³/mol. The minimum atomic E-state index is -0.319. The Bertz CT molecular complexity index is 1450. The first-order valence-corrected chi connectivity index (χ1v) is 14.3. The molecule has 0 spiro atoms. The third-order valence-corrected chi connectivity index (χ3v) is 7.55. The van der Waals surface area contributed by atoms with Crippen LogP contribution in [0, 0.1) is 0 Å². The summed E-state index contributed by atoms with van der Waals surface area (Å²) < 4.78 is 2.00. The maximum Gasteiger partial charge on any atom is 0.288 e. The number of carbonyl (C=O) groups excluding carboxylic acids is 1. The highest BCUT2D eigenvalue weighted by atomic mass is 35.5. The number of amides is 1. The number of nitrogen functional groups attached to an aromatic ring is 1. The minimum absolute atomic E-state index is 0.0559. The van der Waals surface area contributed by atoms with Gasteiger partial charge in [-0.15, -0.1) is 11.6 Å². The highest BCUT2D eigenvalue weighted by molar-refractivity contribution is 6.17. The Labute approximate surface area is 239 Å².